The number of carbonyl (C=O) groups is 5. The highest BCUT2D eigenvalue weighted by molar-refractivity contribution is 6.31. The van der Waals surface area contributed by atoms with E-state index in [2.05, 4.69) is 41.4 Å². The first kappa shape index (κ1) is 41.3. The molecule has 2 saturated carbocycles. The number of benzene rings is 1. The van der Waals surface area contributed by atoms with Crippen LogP contribution >= 0.6 is 23.2 Å². The van der Waals surface area contributed by atoms with Crippen LogP contribution in [0.5, 0.6) is 0 Å². The number of hydrogen-bond acceptors (Lipinski definition) is 12. The molecule has 2 aliphatic carbocycles. The van der Waals surface area contributed by atoms with Crippen molar-refractivity contribution in [1.29, 1.82) is 0 Å². The minimum Gasteiger partial charge on any atom is -0.443 e. The van der Waals surface area contributed by atoms with Gasteiger partial charge < -0.3 is 15.4 Å². The zero-order chi connectivity index (χ0) is 43.2. The molecule has 0 radical (unpaired) electrons. The van der Waals surface area contributed by atoms with Crippen LogP contribution in [0.2, 0.25) is 10.2 Å². The number of ether oxygens (including phenoxy) is 1. The minimum atomic E-state index is -0.656. The highest BCUT2D eigenvalue weighted by Gasteiger charge is 2.33. The van der Waals surface area contributed by atoms with E-state index in [9.17, 15) is 28.4 Å². The number of hydrogen-bond donors (Lipinski definition) is 4. The summed E-state index contributed by atoms with van der Waals surface area (Å²) in [6.45, 7) is 6.69. The van der Waals surface area contributed by atoms with Crippen molar-refractivity contribution >= 4 is 99.5 Å². The highest BCUT2D eigenvalue weighted by atomic mass is 35.5. The molecule has 0 unspecified atom stereocenters. The van der Waals surface area contributed by atoms with Gasteiger partial charge in [0.2, 0.25) is 11.8 Å². The Labute approximate surface area is 357 Å². The van der Waals surface area contributed by atoms with Gasteiger partial charge in [-0.15, -0.1) is 0 Å². The van der Waals surface area contributed by atoms with Gasteiger partial charge in [-0.05, 0) is 88.6 Å². The molecule has 17 nitrogen and oxygen atoms in total. The maximum Gasteiger partial charge on any atom is 0.416 e. The van der Waals surface area contributed by atoms with Crippen LogP contribution in [0.1, 0.15) is 70.4 Å². The van der Waals surface area contributed by atoms with Crippen molar-refractivity contribution in [3.63, 3.8) is 0 Å². The van der Waals surface area contributed by atoms with Crippen LogP contribution in [-0.4, -0.2) is 77.6 Å². The summed E-state index contributed by atoms with van der Waals surface area (Å²) >= 11 is 12.3. The van der Waals surface area contributed by atoms with Crippen LogP contribution in [-0.2, 0) is 23.9 Å². The van der Waals surface area contributed by atoms with Crippen LogP contribution in [0.4, 0.5) is 32.3 Å². The van der Waals surface area contributed by atoms with E-state index in [0.29, 0.717) is 74.4 Å². The van der Waals surface area contributed by atoms with Crippen molar-refractivity contribution in [3.8, 4) is 0 Å². The summed E-state index contributed by atoms with van der Waals surface area (Å²) in [4.78, 5) is 70.2. The van der Waals surface area contributed by atoms with Crippen molar-refractivity contribution in [2.45, 2.75) is 64.9 Å². The fourth-order valence-electron chi connectivity index (χ4n) is 6.56. The third kappa shape index (κ3) is 9.81. The van der Waals surface area contributed by atoms with Crippen molar-refractivity contribution < 1.29 is 33.1 Å². The van der Waals surface area contributed by atoms with E-state index in [-0.39, 0.29) is 35.5 Å². The molecule has 0 atom stereocenters. The summed E-state index contributed by atoms with van der Waals surface area (Å²) in [7, 11) is 0. The molecule has 20 heteroatoms. The molecule has 0 spiro atoms. The molecule has 5 amide bonds. The Morgan fingerprint density at radius 1 is 0.885 bits per heavy atom. The van der Waals surface area contributed by atoms with Gasteiger partial charge in [0, 0.05) is 52.5 Å². The van der Waals surface area contributed by atoms with Crippen molar-refractivity contribution in [3.05, 3.63) is 81.0 Å². The molecule has 61 heavy (non-hydrogen) atoms. The van der Waals surface area contributed by atoms with E-state index >= 15 is 0 Å². The summed E-state index contributed by atoms with van der Waals surface area (Å²) in [6.07, 6.45) is 10.2. The number of nitrogens with zero attached hydrogens (tertiary/aromatic N) is 7. The lowest BCUT2D eigenvalue weighted by Crippen LogP contribution is -2.39. The van der Waals surface area contributed by atoms with Gasteiger partial charge in [-0.3, -0.25) is 34.7 Å². The van der Waals surface area contributed by atoms with Crippen LogP contribution in [0.25, 0.3) is 23.4 Å². The number of aromatic nitrogens is 6. The molecule has 1 aromatic carbocycles. The standard InChI is InChI=1S/C21H18ClFN6O2.C20H22ClN5O4/c22-14-3-4-15(23)16(7-14)26-17-8-18(24-9-11-1-2-11)29-20(27-17)13(10-25-29)5-12-6-19(30)28-21(12)31;1-20(2,3)30-19(29)25(10-11-4-5-11)16-8-14(21)23-17-13(9-22-26(16)17)6-12-7-15(27)24-18(12)28/h3-5,7-8,10-11,24H,1-2,6,9H2,(H,26,27)(H,28,30,31);6,8-9,11H,4-5,7,10H2,1-3H3,(H,24,27,28)/b12-5+;12-6+. The molecule has 4 fully saturated rings. The predicted octanol–water partition coefficient (Wildman–Crippen LogP) is 6.48. The van der Waals surface area contributed by atoms with E-state index in [0.717, 1.165) is 19.4 Å². The first-order valence-corrected chi connectivity index (χ1v) is 20.3. The van der Waals surface area contributed by atoms with Crippen molar-refractivity contribution in [2.75, 3.05) is 28.6 Å². The first-order chi connectivity index (χ1) is 29.1. The van der Waals surface area contributed by atoms with E-state index in [4.69, 9.17) is 27.9 Å². The maximum atomic E-state index is 14.2. The van der Waals surface area contributed by atoms with Crippen molar-refractivity contribution in [1.82, 2.24) is 39.8 Å². The lowest BCUT2D eigenvalue weighted by Gasteiger charge is -2.27. The van der Waals surface area contributed by atoms with Gasteiger partial charge in [0.15, 0.2) is 11.3 Å². The lowest BCUT2D eigenvalue weighted by molar-refractivity contribution is -0.125. The van der Waals surface area contributed by atoms with E-state index in [1.807, 2.05) is 20.8 Å². The number of rotatable bonds is 10. The SMILES string of the molecule is CC(C)(C)OC(=O)N(CC1CC1)c1cc(Cl)nc2c(/C=C3\CC(=O)NC3=O)cnn12.O=C1C/C(=C\c2cnn3c(NCC4CC4)cc(Nc4cc(Cl)ccc4F)nc23)C(=O)N1. The van der Waals surface area contributed by atoms with Gasteiger partial charge in [0.1, 0.15) is 34.0 Å². The number of imide groups is 2. The van der Waals surface area contributed by atoms with Gasteiger partial charge in [0.05, 0.1) is 30.9 Å². The number of halogens is 3. The van der Waals surface area contributed by atoms with Gasteiger partial charge in [-0.2, -0.15) is 19.2 Å². The Kier molecular flexibility index (Phi) is 11.2. The van der Waals surface area contributed by atoms with Crippen LogP contribution < -0.4 is 26.2 Å². The second-order valence-corrected chi connectivity index (χ2v) is 17.0. The third-order valence-corrected chi connectivity index (χ3v) is 10.3. The molecule has 2 aliphatic heterocycles. The fraction of sp³-hybridized carbons (Fsp3) is 0.341. The Bertz CT molecular complexity index is 2700. The minimum absolute atomic E-state index is 0.00465. The third-order valence-electron chi connectivity index (χ3n) is 9.89. The molecule has 6 heterocycles. The largest absolute Gasteiger partial charge is 0.443 e. The normalized spacial score (nSPS) is 17.8. The van der Waals surface area contributed by atoms with E-state index in [1.54, 1.807) is 35.0 Å². The zero-order valence-electron chi connectivity index (χ0n) is 33.2. The first-order valence-electron chi connectivity index (χ1n) is 19.6. The molecular formula is C41H40Cl2FN11O6. The number of fused-ring (bicyclic) bond motifs is 2. The van der Waals surface area contributed by atoms with Crippen molar-refractivity contribution in [2.24, 2.45) is 11.8 Å². The Morgan fingerprint density at radius 3 is 2.07 bits per heavy atom. The topological polar surface area (TPSA) is 206 Å². The second kappa shape index (κ2) is 16.6. The molecule has 4 aromatic heterocycles. The fourth-order valence-corrected chi connectivity index (χ4v) is 6.91. The summed E-state index contributed by atoms with van der Waals surface area (Å²) in [6, 6.07) is 7.53. The molecule has 2 saturated heterocycles. The Morgan fingerprint density at radius 2 is 1.49 bits per heavy atom. The summed E-state index contributed by atoms with van der Waals surface area (Å²) in [5, 5.41) is 20.2. The number of carbonyl (C=O) groups excluding carboxylic acids is 5. The van der Waals surface area contributed by atoms with Gasteiger partial charge in [0.25, 0.3) is 11.8 Å². The monoisotopic (exact) mass is 871 g/mol. The average Bonchev–Trinajstić information content (AvgIpc) is 4.06. The van der Waals surface area contributed by atoms with Gasteiger partial charge >= 0.3 is 6.09 Å². The average molecular weight is 873 g/mol. The number of amides is 5. The molecule has 9 rings (SSSR count). The van der Waals surface area contributed by atoms with Gasteiger partial charge in [-0.1, -0.05) is 23.2 Å². The molecular weight excluding hydrogens is 832 g/mol. The molecule has 5 aromatic rings. The predicted molar refractivity (Wildman–Crippen MR) is 225 cm³/mol. The number of nitrogens with one attached hydrogen (secondary N) is 4. The van der Waals surface area contributed by atoms with Crippen LogP contribution in [0, 0.1) is 17.7 Å². The molecule has 0 bridgehead atoms. The van der Waals surface area contributed by atoms with Crippen LogP contribution in [0.15, 0.2) is 53.9 Å². The zero-order valence-corrected chi connectivity index (χ0v) is 34.7. The highest BCUT2D eigenvalue weighted by Crippen LogP contribution is 2.34. The van der Waals surface area contributed by atoms with Crippen LogP contribution in [0.3, 0.4) is 0 Å². The van der Waals surface area contributed by atoms with E-state index in [1.165, 1.54) is 46.7 Å². The smallest absolute Gasteiger partial charge is 0.416 e. The molecule has 4 N–H and O–H groups in total. The van der Waals surface area contributed by atoms with E-state index < -0.39 is 29.3 Å². The maximum absolute atomic E-state index is 14.2. The quantitative estimate of drug-likeness (QED) is 0.0676. The second-order valence-electron chi connectivity index (χ2n) is 16.2. The molecule has 4 aliphatic rings. The van der Waals surface area contributed by atoms with Gasteiger partial charge in [-0.25, -0.2) is 19.2 Å². The molecule has 316 valence electrons. The number of anilines is 4. The lowest BCUT2D eigenvalue weighted by atomic mass is 10.1. The Hall–Kier alpha value is -6.40. The Balaban J connectivity index is 0.000000169. The summed E-state index contributed by atoms with van der Waals surface area (Å²) in [5.41, 5.74) is 2.13. The summed E-state index contributed by atoms with van der Waals surface area (Å²) in [5.74, 6) is 0.495. The summed E-state index contributed by atoms with van der Waals surface area (Å²) < 4.78 is 23.0.